The normalized spacial score (nSPS) is 18.8. The maximum Gasteiger partial charge on any atom is 0.435 e. The summed E-state index contributed by atoms with van der Waals surface area (Å²) in [6.45, 7) is 4.26. The minimum absolute atomic E-state index is 0.152. The highest BCUT2D eigenvalue weighted by atomic mass is 19.4. The van der Waals surface area contributed by atoms with Crippen LogP contribution in [0, 0.1) is 6.92 Å². The average molecular weight is 338 g/mol. The third-order valence-corrected chi connectivity index (χ3v) is 4.50. The van der Waals surface area contributed by atoms with Crippen molar-refractivity contribution in [1.29, 1.82) is 0 Å². The second-order valence-corrected chi connectivity index (χ2v) is 6.12. The van der Waals surface area contributed by atoms with E-state index in [0.29, 0.717) is 24.3 Å². The van der Waals surface area contributed by atoms with Gasteiger partial charge in [0.25, 0.3) is 0 Å². The number of nitrogens with zero attached hydrogens (tertiary/aromatic N) is 2. The molecular weight excluding hydrogens is 317 g/mol. The Morgan fingerprint density at radius 2 is 1.92 bits per heavy atom. The minimum Gasteiger partial charge on any atom is -0.357 e. The second kappa shape index (κ2) is 6.59. The molecule has 1 aliphatic rings. The lowest BCUT2D eigenvalue weighted by molar-refractivity contribution is -0.141. The van der Waals surface area contributed by atoms with Crippen molar-refractivity contribution in [2.45, 2.75) is 51.9 Å². The summed E-state index contributed by atoms with van der Waals surface area (Å²) in [6, 6.07) is 7.21. The first-order valence-electron chi connectivity index (χ1n) is 8.29. The van der Waals surface area contributed by atoms with Gasteiger partial charge in [-0.1, -0.05) is 31.2 Å². The van der Waals surface area contributed by atoms with Gasteiger partial charge in [0.05, 0.1) is 0 Å². The van der Waals surface area contributed by atoms with Gasteiger partial charge in [-0.15, -0.1) is 0 Å². The first kappa shape index (κ1) is 17.0. The summed E-state index contributed by atoms with van der Waals surface area (Å²) in [6.07, 6.45) is -1.50. The Hall–Kier alpha value is -1.82. The summed E-state index contributed by atoms with van der Waals surface area (Å²) in [4.78, 5) is 0. The van der Waals surface area contributed by atoms with Gasteiger partial charge >= 0.3 is 6.18 Å². The van der Waals surface area contributed by atoms with Crippen molar-refractivity contribution in [2.75, 3.05) is 6.61 Å². The van der Waals surface area contributed by atoms with Gasteiger partial charge in [0.1, 0.15) is 6.23 Å². The van der Waals surface area contributed by atoms with E-state index in [9.17, 15) is 13.2 Å². The Kier molecular flexibility index (Phi) is 4.67. The van der Waals surface area contributed by atoms with Crippen molar-refractivity contribution in [3.05, 3.63) is 41.2 Å². The number of aryl methyl sites for hydroxylation is 1. The summed E-state index contributed by atoms with van der Waals surface area (Å²) >= 11 is 0. The molecule has 0 radical (unpaired) electrons. The number of benzene rings is 1. The maximum absolute atomic E-state index is 13.5. The molecule has 130 valence electrons. The van der Waals surface area contributed by atoms with E-state index in [1.807, 2.05) is 19.1 Å². The van der Waals surface area contributed by atoms with E-state index in [2.05, 4.69) is 5.10 Å². The smallest absolute Gasteiger partial charge is 0.357 e. The molecule has 1 saturated heterocycles. The number of aromatic nitrogens is 2. The molecule has 2 aromatic rings. The minimum atomic E-state index is -4.50. The molecule has 2 heterocycles. The van der Waals surface area contributed by atoms with Gasteiger partial charge in [-0.3, -0.25) is 0 Å². The Morgan fingerprint density at radius 3 is 2.46 bits per heavy atom. The lowest BCUT2D eigenvalue weighted by Gasteiger charge is -2.24. The summed E-state index contributed by atoms with van der Waals surface area (Å²) in [5.74, 6) is 0. The first-order valence-corrected chi connectivity index (χ1v) is 8.29. The van der Waals surface area contributed by atoms with E-state index in [1.165, 1.54) is 4.68 Å². The van der Waals surface area contributed by atoms with Gasteiger partial charge in [0, 0.05) is 17.9 Å². The van der Waals surface area contributed by atoms with E-state index in [0.717, 1.165) is 24.8 Å². The molecule has 0 bridgehead atoms. The Balaban J connectivity index is 2.09. The quantitative estimate of drug-likeness (QED) is 0.775. The van der Waals surface area contributed by atoms with Gasteiger partial charge in [-0.2, -0.15) is 18.3 Å². The number of hydrogen-bond donors (Lipinski definition) is 0. The molecule has 6 heteroatoms. The molecule has 24 heavy (non-hydrogen) atoms. The van der Waals surface area contributed by atoms with Crippen LogP contribution in [0.1, 0.15) is 49.4 Å². The van der Waals surface area contributed by atoms with Crippen molar-refractivity contribution < 1.29 is 17.9 Å². The molecule has 3 rings (SSSR count). The SMILES string of the molecule is CCc1ccc(-c2c(C(F)(F)F)nn(C3CCCCO3)c2C)cc1. The summed E-state index contributed by atoms with van der Waals surface area (Å²) in [7, 11) is 0. The van der Waals surface area contributed by atoms with Crippen LogP contribution in [0.2, 0.25) is 0 Å². The topological polar surface area (TPSA) is 27.1 Å². The van der Waals surface area contributed by atoms with Crippen LogP contribution in [-0.2, 0) is 17.3 Å². The molecule has 0 aliphatic carbocycles. The van der Waals surface area contributed by atoms with E-state index < -0.39 is 18.1 Å². The molecular formula is C18H21F3N2O. The fourth-order valence-corrected chi connectivity index (χ4v) is 3.17. The molecule has 1 unspecified atom stereocenters. The second-order valence-electron chi connectivity index (χ2n) is 6.12. The number of hydrogen-bond acceptors (Lipinski definition) is 2. The maximum atomic E-state index is 13.5. The van der Waals surface area contributed by atoms with Crippen molar-refractivity contribution in [3.63, 3.8) is 0 Å². The van der Waals surface area contributed by atoms with Gasteiger partial charge in [0.15, 0.2) is 5.69 Å². The average Bonchev–Trinajstić information content (AvgIpc) is 2.93. The van der Waals surface area contributed by atoms with Crippen molar-refractivity contribution >= 4 is 0 Å². The van der Waals surface area contributed by atoms with Crippen LogP contribution in [0.5, 0.6) is 0 Å². The van der Waals surface area contributed by atoms with E-state index in [-0.39, 0.29) is 5.56 Å². The molecule has 1 fully saturated rings. The highest BCUT2D eigenvalue weighted by molar-refractivity contribution is 5.69. The molecule has 1 aromatic carbocycles. The fraction of sp³-hybridized carbons (Fsp3) is 0.500. The molecule has 3 nitrogen and oxygen atoms in total. The van der Waals surface area contributed by atoms with E-state index in [4.69, 9.17) is 4.74 Å². The molecule has 1 atom stereocenters. The zero-order valence-corrected chi connectivity index (χ0v) is 13.9. The zero-order chi connectivity index (χ0) is 17.3. The number of halogens is 3. The van der Waals surface area contributed by atoms with Gasteiger partial charge in [0.2, 0.25) is 0 Å². The first-order chi connectivity index (χ1) is 11.4. The predicted molar refractivity (Wildman–Crippen MR) is 85.6 cm³/mol. The Labute approximate surface area is 139 Å². The van der Waals surface area contributed by atoms with Gasteiger partial charge in [-0.25, -0.2) is 4.68 Å². The lowest BCUT2D eigenvalue weighted by atomic mass is 10.0. The van der Waals surface area contributed by atoms with Crippen LogP contribution in [0.25, 0.3) is 11.1 Å². The summed E-state index contributed by atoms with van der Waals surface area (Å²) < 4.78 is 47.6. The van der Waals surface area contributed by atoms with E-state index in [1.54, 1.807) is 19.1 Å². The van der Waals surface area contributed by atoms with Crippen LogP contribution in [0.4, 0.5) is 13.2 Å². The number of rotatable bonds is 3. The third-order valence-electron chi connectivity index (χ3n) is 4.50. The van der Waals surface area contributed by atoms with Crippen LogP contribution < -0.4 is 0 Å². The fourth-order valence-electron chi connectivity index (χ4n) is 3.17. The molecule has 1 aliphatic heterocycles. The van der Waals surface area contributed by atoms with Gasteiger partial charge in [-0.05, 0) is 43.7 Å². The summed E-state index contributed by atoms with van der Waals surface area (Å²) in [5.41, 5.74) is 1.45. The van der Waals surface area contributed by atoms with Crippen molar-refractivity contribution in [1.82, 2.24) is 9.78 Å². The highest BCUT2D eigenvalue weighted by Gasteiger charge is 2.40. The van der Waals surface area contributed by atoms with Crippen LogP contribution in [-0.4, -0.2) is 16.4 Å². The van der Waals surface area contributed by atoms with Crippen LogP contribution in [0.15, 0.2) is 24.3 Å². The van der Waals surface area contributed by atoms with Crippen LogP contribution >= 0.6 is 0 Å². The van der Waals surface area contributed by atoms with Gasteiger partial charge < -0.3 is 4.74 Å². The molecule has 0 spiro atoms. The molecule has 0 amide bonds. The monoisotopic (exact) mass is 338 g/mol. The number of alkyl halides is 3. The highest BCUT2D eigenvalue weighted by Crippen LogP contribution is 2.40. The molecule has 0 saturated carbocycles. The van der Waals surface area contributed by atoms with Crippen LogP contribution in [0.3, 0.4) is 0 Å². The molecule has 1 aromatic heterocycles. The Morgan fingerprint density at radius 1 is 1.21 bits per heavy atom. The number of ether oxygens (including phenoxy) is 1. The van der Waals surface area contributed by atoms with E-state index >= 15 is 0 Å². The zero-order valence-electron chi connectivity index (χ0n) is 13.9. The Bertz CT molecular complexity index is 698. The largest absolute Gasteiger partial charge is 0.435 e. The van der Waals surface area contributed by atoms with Crippen molar-refractivity contribution in [2.24, 2.45) is 0 Å². The summed E-state index contributed by atoms with van der Waals surface area (Å²) in [5, 5.41) is 3.89. The third kappa shape index (κ3) is 3.20. The predicted octanol–water partition coefficient (Wildman–Crippen LogP) is 5.14. The molecule has 0 N–H and O–H groups in total. The standard InChI is InChI=1S/C18H21F3N2O/c1-3-13-7-9-14(10-8-13)16-12(2)23(15-6-4-5-11-24-15)22-17(16)18(19,20)21/h7-10,15H,3-6,11H2,1-2H3. The van der Waals surface area contributed by atoms with Crippen molar-refractivity contribution in [3.8, 4) is 11.1 Å². The lowest BCUT2D eigenvalue weighted by Crippen LogP contribution is -2.20.